The van der Waals surface area contributed by atoms with Crippen LogP contribution < -0.4 is 16.2 Å². The van der Waals surface area contributed by atoms with Gasteiger partial charge >= 0.3 is 0 Å². The van der Waals surface area contributed by atoms with Gasteiger partial charge < -0.3 is 10.6 Å². The molecule has 10 heteroatoms. The highest BCUT2D eigenvalue weighted by Gasteiger charge is 2.20. The van der Waals surface area contributed by atoms with Crippen LogP contribution in [0.25, 0.3) is 11.3 Å². The molecule has 0 radical (unpaired) electrons. The summed E-state index contributed by atoms with van der Waals surface area (Å²) in [5.74, 6) is -0.543. The molecule has 0 saturated heterocycles. The SMILES string of the molecule is CC(=O)Nc1c(C)cc(C)cc1-c1nnc(S[C@H](C)C(=O)Nc2c(C)cccc2Cl)[nH]c1=O. The fourth-order valence-electron chi connectivity index (χ4n) is 3.28. The van der Waals surface area contributed by atoms with E-state index in [4.69, 9.17) is 11.6 Å². The van der Waals surface area contributed by atoms with Crippen molar-refractivity contribution in [3.05, 3.63) is 62.4 Å². The molecule has 0 fully saturated rings. The number of para-hydroxylation sites is 1. The molecule has 3 aromatic rings. The number of anilines is 2. The number of aromatic amines is 1. The van der Waals surface area contributed by atoms with Gasteiger partial charge in [-0.3, -0.25) is 19.4 Å². The van der Waals surface area contributed by atoms with Gasteiger partial charge in [0, 0.05) is 12.5 Å². The fraction of sp³-hybridized carbons (Fsp3) is 0.261. The number of carbonyl (C=O) groups excluding carboxylic acids is 2. The molecule has 1 atom stereocenters. The van der Waals surface area contributed by atoms with Crippen LogP contribution in [0.3, 0.4) is 0 Å². The number of amides is 2. The Kier molecular flexibility index (Phi) is 7.55. The minimum absolute atomic E-state index is 0.0821. The topological polar surface area (TPSA) is 117 Å². The second-order valence-corrected chi connectivity index (χ2v) is 9.41. The monoisotopic (exact) mass is 485 g/mol. The van der Waals surface area contributed by atoms with Crippen molar-refractivity contribution in [2.45, 2.75) is 45.0 Å². The van der Waals surface area contributed by atoms with Gasteiger partial charge in [0.05, 0.1) is 21.6 Å². The average Bonchev–Trinajstić information content (AvgIpc) is 2.72. The fourth-order valence-corrected chi connectivity index (χ4v) is 4.29. The van der Waals surface area contributed by atoms with E-state index in [0.717, 1.165) is 28.5 Å². The molecule has 8 nitrogen and oxygen atoms in total. The van der Waals surface area contributed by atoms with Crippen LogP contribution in [0.1, 0.15) is 30.5 Å². The van der Waals surface area contributed by atoms with Crippen LogP contribution in [-0.4, -0.2) is 32.2 Å². The molecule has 1 aromatic heterocycles. The highest BCUT2D eigenvalue weighted by molar-refractivity contribution is 8.00. The van der Waals surface area contributed by atoms with Gasteiger partial charge in [-0.05, 0) is 51.0 Å². The molecule has 33 heavy (non-hydrogen) atoms. The van der Waals surface area contributed by atoms with Gasteiger partial charge in [-0.15, -0.1) is 10.2 Å². The molecule has 2 aromatic carbocycles. The number of rotatable bonds is 6. The number of nitrogens with zero attached hydrogens (tertiary/aromatic N) is 2. The highest BCUT2D eigenvalue weighted by Crippen LogP contribution is 2.30. The number of aryl methyl sites for hydroxylation is 3. The largest absolute Gasteiger partial charge is 0.325 e. The Balaban J connectivity index is 1.84. The third-order valence-corrected chi connectivity index (χ3v) is 6.13. The summed E-state index contributed by atoms with van der Waals surface area (Å²) in [5, 5.41) is 13.9. The Hall–Kier alpha value is -3.17. The molecular formula is C23H24ClN5O3S. The van der Waals surface area contributed by atoms with Crippen molar-refractivity contribution < 1.29 is 9.59 Å². The van der Waals surface area contributed by atoms with Crippen LogP contribution in [0.2, 0.25) is 5.02 Å². The van der Waals surface area contributed by atoms with Gasteiger partial charge in [0.25, 0.3) is 5.56 Å². The molecule has 0 spiro atoms. The van der Waals surface area contributed by atoms with E-state index in [-0.39, 0.29) is 22.7 Å². The number of H-pyrrole nitrogens is 1. The Morgan fingerprint density at radius 1 is 1.06 bits per heavy atom. The summed E-state index contributed by atoms with van der Waals surface area (Å²) in [7, 11) is 0. The Labute approximate surface area is 200 Å². The number of halogens is 1. The van der Waals surface area contributed by atoms with Crippen molar-refractivity contribution in [3.8, 4) is 11.3 Å². The van der Waals surface area contributed by atoms with Crippen LogP contribution >= 0.6 is 23.4 Å². The van der Waals surface area contributed by atoms with E-state index in [1.807, 2.05) is 32.9 Å². The third-order valence-electron chi connectivity index (χ3n) is 4.84. The Bertz CT molecular complexity index is 1270. The van der Waals surface area contributed by atoms with Crippen molar-refractivity contribution in [1.29, 1.82) is 0 Å². The van der Waals surface area contributed by atoms with Crippen LogP contribution in [0.15, 0.2) is 40.3 Å². The zero-order valence-electron chi connectivity index (χ0n) is 18.9. The van der Waals surface area contributed by atoms with E-state index in [9.17, 15) is 14.4 Å². The van der Waals surface area contributed by atoms with E-state index in [1.54, 1.807) is 25.1 Å². The molecular weight excluding hydrogens is 462 g/mol. The quantitative estimate of drug-likeness (QED) is 0.443. The number of aromatic nitrogens is 3. The molecule has 0 saturated carbocycles. The van der Waals surface area contributed by atoms with E-state index in [0.29, 0.717) is 22.0 Å². The van der Waals surface area contributed by atoms with Crippen LogP contribution in [0, 0.1) is 20.8 Å². The molecule has 1 heterocycles. The first-order chi connectivity index (χ1) is 15.6. The van der Waals surface area contributed by atoms with Crippen LogP contribution in [-0.2, 0) is 9.59 Å². The minimum Gasteiger partial charge on any atom is -0.325 e. The third kappa shape index (κ3) is 5.80. The average molecular weight is 486 g/mol. The molecule has 172 valence electrons. The zero-order valence-corrected chi connectivity index (χ0v) is 20.4. The molecule has 0 bridgehead atoms. The first-order valence-electron chi connectivity index (χ1n) is 10.2. The van der Waals surface area contributed by atoms with Gasteiger partial charge in [0.15, 0.2) is 10.9 Å². The van der Waals surface area contributed by atoms with Gasteiger partial charge in [-0.1, -0.05) is 47.1 Å². The lowest BCUT2D eigenvalue weighted by atomic mass is 10.0. The zero-order chi connectivity index (χ0) is 24.3. The molecule has 0 unspecified atom stereocenters. The van der Waals surface area contributed by atoms with E-state index >= 15 is 0 Å². The summed E-state index contributed by atoms with van der Waals surface area (Å²) < 4.78 is 0. The summed E-state index contributed by atoms with van der Waals surface area (Å²) in [4.78, 5) is 39.8. The molecule has 0 aliphatic heterocycles. The lowest BCUT2D eigenvalue weighted by Crippen LogP contribution is -2.24. The maximum absolute atomic E-state index is 12.8. The summed E-state index contributed by atoms with van der Waals surface area (Å²) in [6.45, 7) is 8.67. The predicted molar refractivity (Wildman–Crippen MR) is 132 cm³/mol. The first-order valence-corrected chi connectivity index (χ1v) is 11.4. The van der Waals surface area contributed by atoms with Crippen LogP contribution in [0.5, 0.6) is 0 Å². The summed E-state index contributed by atoms with van der Waals surface area (Å²) in [5.41, 5.74) is 3.71. The molecule has 2 amide bonds. The van der Waals surface area contributed by atoms with Gasteiger partial charge in [0.1, 0.15) is 0 Å². The van der Waals surface area contributed by atoms with E-state index in [2.05, 4.69) is 25.8 Å². The van der Waals surface area contributed by atoms with Crippen LogP contribution in [0.4, 0.5) is 11.4 Å². The van der Waals surface area contributed by atoms with Gasteiger partial charge in [0.2, 0.25) is 11.8 Å². The molecule has 0 aliphatic carbocycles. The molecule has 3 rings (SSSR count). The number of hydrogen-bond donors (Lipinski definition) is 3. The maximum atomic E-state index is 12.8. The smallest absolute Gasteiger partial charge is 0.278 e. The number of hydrogen-bond acceptors (Lipinski definition) is 6. The minimum atomic E-state index is -0.576. The number of benzene rings is 2. The second kappa shape index (κ2) is 10.2. The number of thioether (sulfide) groups is 1. The second-order valence-electron chi connectivity index (χ2n) is 7.67. The first kappa shape index (κ1) is 24.5. The van der Waals surface area contributed by atoms with Gasteiger partial charge in [-0.25, -0.2) is 0 Å². The van der Waals surface area contributed by atoms with Crippen molar-refractivity contribution in [2.75, 3.05) is 10.6 Å². The van der Waals surface area contributed by atoms with E-state index in [1.165, 1.54) is 6.92 Å². The molecule has 0 aliphatic rings. The Morgan fingerprint density at radius 2 is 1.79 bits per heavy atom. The summed E-state index contributed by atoms with van der Waals surface area (Å²) in [6.07, 6.45) is 0. The van der Waals surface area contributed by atoms with Crippen molar-refractivity contribution in [1.82, 2.24) is 15.2 Å². The lowest BCUT2D eigenvalue weighted by Gasteiger charge is -2.15. The molecule has 3 N–H and O–H groups in total. The van der Waals surface area contributed by atoms with Gasteiger partial charge in [-0.2, -0.15) is 0 Å². The highest BCUT2D eigenvalue weighted by atomic mass is 35.5. The van der Waals surface area contributed by atoms with Crippen molar-refractivity contribution in [2.24, 2.45) is 0 Å². The lowest BCUT2D eigenvalue weighted by molar-refractivity contribution is -0.115. The Morgan fingerprint density at radius 3 is 2.42 bits per heavy atom. The standard InChI is InChI=1S/C23H24ClN5O3S/c1-11-9-13(3)18(25-15(5)30)16(10-11)20-22(32)27-23(29-28-20)33-14(4)21(31)26-19-12(2)7-6-8-17(19)24/h6-10,14H,1-5H3,(H,25,30)(H,26,31)(H,27,29,32)/t14-/m1/s1. The number of nitrogens with one attached hydrogen (secondary N) is 3. The van der Waals surface area contributed by atoms with Crippen molar-refractivity contribution >= 4 is 46.6 Å². The maximum Gasteiger partial charge on any atom is 0.278 e. The van der Waals surface area contributed by atoms with E-state index < -0.39 is 10.8 Å². The predicted octanol–water partition coefficient (Wildman–Crippen LogP) is 4.49. The summed E-state index contributed by atoms with van der Waals surface area (Å²) in [6, 6.07) is 9.03. The summed E-state index contributed by atoms with van der Waals surface area (Å²) >= 11 is 7.25. The number of carbonyl (C=O) groups is 2. The van der Waals surface area contributed by atoms with Crippen molar-refractivity contribution in [3.63, 3.8) is 0 Å². The normalized spacial score (nSPS) is 11.7.